The van der Waals surface area contributed by atoms with E-state index in [0.29, 0.717) is 10.0 Å². The molecule has 0 aliphatic rings. The first kappa shape index (κ1) is 14.4. The molecule has 5 heteroatoms. The number of hydrogen-bond donors (Lipinski definition) is 1. The molecule has 2 aromatic rings. The third-order valence-electron chi connectivity index (χ3n) is 2.87. The normalized spacial score (nSPS) is 12.6. The van der Waals surface area contributed by atoms with Gasteiger partial charge in [0.25, 0.3) is 0 Å². The molecule has 0 fully saturated rings. The largest absolute Gasteiger partial charge is 0.306 e. The van der Waals surface area contributed by atoms with Crippen molar-refractivity contribution in [3.8, 4) is 0 Å². The molecule has 1 unspecified atom stereocenters. The van der Waals surface area contributed by atoms with Gasteiger partial charge in [0.1, 0.15) is 0 Å². The Balaban J connectivity index is 2.36. The van der Waals surface area contributed by atoms with Gasteiger partial charge >= 0.3 is 0 Å². The van der Waals surface area contributed by atoms with Crippen LogP contribution in [0.2, 0.25) is 10.0 Å². The Morgan fingerprint density at radius 3 is 2.42 bits per heavy atom. The number of rotatable bonds is 5. The zero-order valence-electron chi connectivity index (χ0n) is 11.0. The Hall–Kier alpha value is -1.03. The molecule has 0 aliphatic carbocycles. The average molecular weight is 298 g/mol. The molecule has 0 spiro atoms. The molecule has 3 nitrogen and oxygen atoms in total. The first-order chi connectivity index (χ1) is 9.10. The van der Waals surface area contributed by atoms with Crippen LogP contribution >= 0.6 is 23.2 Å². The van der Waals surface area contributed by atoms with Crippen molar-refractivity contribution in [2.24, 2.45) is 7.05 Å². The second-order valence-corrected chi connectivity index (χ2v) is 5.41. The van der Waals surface area contributed by atoms with Gasteiger partial charge in [0.15, 0.2) is 0 Å². The van der Waals surface area contributed by atoms with Gasteiger partial charge in [0, 0.05) is 28.9 Å². The maximum Gasteiger partial charge on any atom is 0.0608 e. The van der Waals surface area contributed by atoms with Crippen molar-refractivity contribution in [1.29, 1.82) is 0 Å². The molecule has 0 radical (unpaired) electrons. The SMILES string of the molecule is CCCNC(c1cc(Cl)cc(Cl)c1)c1cnn(C)c1. The van der Waals surface area contributed by atoms with Crippen molar-refractivity contribution in [2.45, 2.75) is 19.4 Å². The standard InChI is InChI=1S/C14H17Cl2N3/c1-3-4-17-14(11-8-18-19(2)9-11)10-5-12(15)7-13(16)6-10/h5-9,14,17H,3-4H2,1-2H3. The highest BCUT2D eigenvalue weighted by molar-refractivity contribution is 6.34. The minimum atomic E-state index is 0.0600. The highest BCUT2D eigenvalue weighted by Gasteiger charge is 2.16. The lowest BCUT2D eigenvalue weighted by Crippen LogP contribution is -2.22. The van der Waals surface area contributed by atoms with Crippen molar-refractivity contribution in [3.05, 3.63) is 51.8 Å². The van der Waals surface area contributed by atoms with Gasteiger partial charge in [-0.15, -0.1) is 0 Å². The van der Waals surface area contributed by atoms with E-state index in [1.807, 2.05) is 31.6 Å². The fourth-order valence-electron chi connectivity index (χ4n) is 2.05. The summed E-state index contributed by atoms with van der Waals surface area (Å²) in [5.41, 5.74) is 2.16. The van der Waals surface area contributed by atoms with E-state index in [1.54, 1.807) is 10.7 Å². The number of nitrogens with zero attached hydrogens (tertiary/aromatic N) is 2. The zero-order chi connectivity index (χ0) is 13.8. The molecular weight excluding hydrogens is 281 g/mol. The predicted octanol–water partition coefficient (Wildman–Crippen LogP) is 3.82. The minimum Gasteiger partial charge on any atom is -0.306 e. The van der Waals surface area contributed by atoms with Crippen LogP contribution in [0.5, 0.6) is 0 Å². The summed E-state index contributed by atoms with van der Waals surface area (Å²) in [6.45, 7) is 3.06. The van der Waals surface area contributed by atoms with Crippen LogP contribution in [0.4, 0.5) is 0 Å². The molecule has 0 bridgehead atoms. The molecule has 0 saturated carbocycles. The second-order valence-electron chi connectivity index (χ2n) is 4.54. The first-order valence-electron chi connectivity index (χ1n) is 6.28. The summed E-state index contributed by atoms with van der Waals surface area (Å²) in [6, 6.07) is 5.68. The molecule has 2 rings (SSSR count). The van der Waals surface area contributed by atoms with Crippen LogP contribution in [-0.4, -0.2) is 16.3 Å². The fraction of sp³-hybridized carbons (Fsp3) is 0.357. The van der Waals surface area contributed by atoms with E-state index in [-0.39, 0.29) is 6.04 Å². The van der Waals surface area contributed by atoms with Crippen LogP contribution < -0.4 is 5.32 Å². The summed E-state index contributed by atoms with van der Waals surface area (Å²) in [5.74, 6) is 0. The molecule has 0 aliphatic heterocycles. The van der Waals surface area contributed by atoms with E-state index in [1.165, 1.54) is 0 Å². The summed E-state index contributed by atoms with van der Waals surface area (Å²) < 4.78 is 1.79. The summed E-state index contributed by atoms with van der Waals surface area (Å²) in [5, 5.41) is 9.02. The zero-order valence-corrected chi connectivity index (χ0v) is 12.5. The van der Waals surface area contributed by atoms with Crippen molar-refractivity contribution in [3.63, 3.8) is 0 Å². The van der Waals surface area contributed by atoms with Crippen LogP contribution in [0.3, 0.4) is 0 Å². The van der Waals surface area contributed by atoms with E-state index in [9.17, 15) is 0 Å². The lowest BCUT2D eigenvalue weighted by Gasteiger charge is -2.18. The van der Waals surface area contributed by atoms with Crippen LogP contribution in [-0.2, 0) is 7.05 Å². The highest BCUT2D eigenvalue weighted by Crippen LogP contribution is 2.27. The quantitative estimate of drug-likeness (QED) is 0.909. The molecule has 0 saturated heterocycles. The molecule has 102 valence electrons. The second kappa shape index (κ2) is 6.42. The molecule has 19 heavy (non-hydrogen) atoms. The van der Waals surface area contributed by atoms with E-state index in [0.717, 1.165) is 24.1 Å². The Labute approximate surface area is 123 Å². The molecule has 0 amide bonds. The average Bonchev–Trinajstić information content (AvgIpc) is 2.75. The maximum absolute atomic E-state index is 6.09. The summed E-state index contributed by atoms with van der Waals surface area (Å²) in [6.07, 6.45) is 4.93. The molecule has 1 N–H and O–H groups in total. The van der Waals surface area contributed by atoms with Gasteiger partial charge in [-0.25, -0.2) is 0 Å². The van der Waals surface area contributed by atoms with Crippen LogP contribution in [0.15, 0.2) is 30.6 Å². The van der Waals surface area contributed by atoms with Crippen molar-refractivity contribution >= 4 is 23.2 Å². The molecular formula is C14H17Cl2N3. The lowest BCUT2D eigenvalue weighted by molar-refractivity contribution is 0.598. The Morgan fingerprint density at radius 2 is 1.89 bits per heavy atom. The number of aromatic nitrogens is 2. The number of benzene rings is 1. The van der Waals surface area contributed by atoms with Crippen LogP contribution in [0.25, 0.3) is 0 Å². The van der Waals surface area contributed by atoms with E-state index in [4.69, 9.17) is 23.2 Å². The molecule has 1 atom stereocenters. The molecule has 1 heterocycles. The number of aryl methyl sites for hydroxylation is 1. The third-order valence-corrected chi connectivity index (χ3v) is 3.31. The monoisotopic (exact) mass is 297 g/mol. The van der Waals surface area contributed by atoms with Crippen molar-refractivity contribution < 1.29 is 0 Å². The summed E-state index contributed by atoms with van der Waals surface area (Å²) in [7, 11) is 1.91. The number of halogens is 2. The van der Waals surface area contributed by atoms with Gasteiger partial charge in [-0.05, 0) is 36.7 Å². The van der Waals surface area contributed by atoms with E-state index < -0.39 is 0 Å². The first-order valence-corrected chi connectivity index (χ1v) is 7.03. The predicted molar refractivity (Wildman–Crippen MR) is 79.8 cm³/mol. The van der Waals surface area contributed by atoms with E-state index >= 15 is 0 Å². The van der Waals surface area contributed by atoms with Crippen LogP contribution in [0, 0.1) is 0 Å². The summed E-state index contributed by atoms with van der Waals surface area (Å²) >= 11 is 12.2. The van der Waals surface area contributed by atoms with Gasteiger partial charge in [0.2, 0.25) is 0 Å². The third kappa shape index (κ3) is 3.72. The molecule has 1 aromatic heterocycles. The lowest BCUT2D eigenvalue weighted by atomic mass is 10.0. The van der Waals surface area contributed by atoms with Gasteiger partial charge in [-0.3, -0.25) is 4.68 Å². The Bertz CT molecular complexity index is 531. The van der Waals surface area contributed by atoms with Crippen molar-refractivity contribution in [2.75, 3.05) is 6.54 Å². The van der Waals surface area contributed by atoms with E-state index in [2.05, 4.69) is 17.3 Å². The smallest absolute Gasteiger partial charge is 0.0608 e. The van der Waals surface area contributed by atoms with Gasteiger partial charge in [0.05, 0.1) is 12.2 Å². The van der Waals surface area contributed by atoms with Gasteiger partial charge < -0.3 is 5.32 Å². The highest BCUT2D eigenvalue weighted by atomic mass is 35.5. The van der Waals surface area contributed by atoms with Crippen molar-refractivity contribution in [1.82, 2.24) is 15.1 Å². The minimum absolute atomic E-state index is 0.0600. The summed E-state index contributed by atoms with van der Waals surface area (Å²) in [4.78, 5) is 0. The number of nitrogens with one attached hydrogen (secondary N) is 1. The van der Waals surface area contributed by atoms with Gasteiger partial charge in [-0.1, -0.05) is 30.1 Å². The molecule has 1 aromatic carbocycles. The Kier molecular flexibility index (Phi) is 4.86. The van der Waals surface area contributed by atoms with Crippen LogP contribution in [0.1, 0.15) is 30.5 Å². The number of hydrogen-bond acceptors (Lipinski definition) is 2. The maximum atomic E-state index is 6.09. The fourth-order valence-corrected chi connectivity index (χ4v) is 2.59. The topological polar surface area (TPSA) is 29.9 Å². The Morgan fingerprint density at radius 1 is 1.21 bits per heavy atom. The van der Waals surface area contributed by atoms with Gasteiger partial charge in [-0.2, -0.15) is 5.10 Å².